The predicted octanol–water partition coefficient (Wildman–Crippen LogP) is -2.05. The Morgan fingerprint density at radius 3 is 2.07 bits per heavy atom. The summed E-state index contributed by atoms with van der Waals surface area (Å²) in [5.41, 5.74) is 11.0. The molecule has 12 heteroatoms. The van der Waals surface area contributed by atoms with Crippen molar-refractivity contribution in [2.75, 3.05) is 18.9 Å². The average Bonchev–Trinajstić information content (AvgIpc) is 2.73. The monoisotopic (exact) mass is 449 g/mol. The smallest absolute Gasteiger partial charge is 0.326 e. The second-order valence-corrected chi connectivity index (χ2v) is 7.45. The number of rotatable bonds is 15. The van der Waals surface area contributed by atoms with E-state index in [-0.39, 0.29) is 18.1 Å². The Kier molecular flexibility index (Phi) is 14.0. The van der Waals surface area contributed by atoms with Gasteiger partial charge in [0.1, 0.15) is 18.1 Å². The Hall–Kier alpha value is -1.89. The van der Waals surface area contributed by atoms with Gasteiger partial charge in [0.05, 0.1) is 12.6 Å². The molecule has 0 saturated carbocycles. The number of aliphatic hydroxyl groups is 1. The molecular formula is C18H35N5O6S. The first kappa shape index (κ1) is 28.1. The Labute approximate surface area is 182 Å². The van der Waals surface area contributed by atoms with Crippen LogP contribution in [-0.2, 0) is 19.2 Å². The summed E-state index contributed by atoms with van der Waals surface area (Å²) in [5.74, 6) is -3.59. The van der Waals surface area contributed by atoms with Gasteiger partial charge >= 0.3 is 5.97 Å². The molecule has 0 spiro atoms. The van der Waals surface area contributed by atoms with Crippen molar-refractivity contribution in [1.29, 1.82) is 0 Å². The van der Waals surface area contributed by atoms with Crippen molar-refractivity contribution >= 4 is 36.3 Å². The van der Waals surface area contributed by atoms with Crippen LogP contribution < -0.4 is 27.4 Å². The van der Waals surface area contributed by atoms with Crippen molar-refractivity contribution in [1.82, 2.24) is 16.0 Å². The highest BCUT2D eigenvalue weighted by atomic mass is 32.1. The van der Waals surface area contributed by atoms with E-state index in [2.05, 4.69) is 28.6 Å². The zero-order valence-electron chi connectivity index (χ0n) is 17.5. The number of nitrogens with two attached hydrogens (primary N) is 2. The molecule has 5 atom stereocenters. The number of carboxylic acid groups (broad SMARTS) is 1. The maximum absolute atomic E-state index is 12.7. The van der Waals surface area contributed by atoms with Crippen LogP contribution in [0.1, 0.15) is 39.5 Å². The van der Waals surface area contributed by atoms with Crippen LogP contribution in [0.4, 0.5) is 0 Å². The summed E-state index contributed by atoms with van der Waals surface area (Å²) < 4.78 is 0. The fourth-order valence-electron chi connectivity index (χ4n) is 2.52. The molecule has 0 aliphatic rings. The third kappa shape index (κ3) is 9.74. The van der Waals surface area contributed by atoms with E-state index in [1.807, 2.05) is 6.92 Å². The van der Waals surface area contributed by atoms with Gasteiger partial charge in [0.2, 0.25) is 17.7 Å². The molecule has 0 aromatic carbocycles. The van der Waals surface area contributed by atoms with E-state index in [0.717, 1.165) is 0 Å². The number of hydrogen-bond donors (Lipinski definition) is 8. The van der Waals surface area contributed by atoms with E-state index in [1.54, 1.807) is 6.92 Å². The zero-order valence-corrected chi connectivity index (χ0v) is 18.4. The molecule has 0 fully saturated rings. The fourth-order valence-corrected chi connectivity index (χ4v) is 2.69. The molecule has 3 amide bonds. The highest BCUT2D eigenvalue weighted by Crippen LogP contribution is 2.10. The molecule has 0 aromatic heterocycles. The standard InChI is InChI=1S/C18H35N5O6S/c1-3-10(2)14(17(27)21-12(18(28)29)6-4-5-7-19)23-16(26)13(8-24)22-15(25)11(20)9-30/h10-14,24,30H,3-9,19-20H2,1-2H3,(H,21,27)(H,22,25)(H,23,26)(H,28,29). The second kappa shape index (κ2) is 15.0. The normalized spacial score (nSPS) is 15.9. The quantitative estimate of drug-likeness (QED) is 0.103. The summed E-state index contributed by atoms with van der Waals surface area (Å²) in [4.78, 5) is 48.6. The third-order valence-corrected chi connectivity index (χ3v) is 5.10. The SMILES string of the molecule is CCC(C)C(NC(=O)C(CO)NC(=O)C(N)CS)C(=O)NC(CCCCN)C(=O)O. The summed E-state index contributed by atoms with van der Waals surface area (Å²) in [5, 5.41) is 26.1. The molecule has 0 bridgehead atoms. The van der Waals surface area contributed by atoms with E-state index in [9.17, 15) is 29.4 Å². The first-order chi connectivity index (χ1) is 14.1. The van der Waals surface area contributed by atoms with Crippen LogP contribution in [0, 0.1) is 5.92 Å². The van der Waals surface area contributed by atoms with Gasteiger partial charge in [-0.25, -0.2) is 4.79 Å². The molecule has 0 saturated heterocycles. The number of carbonyl (C=O) groups excluding carboxylic acids is 3. The van der Waals surface area contributed by atoms with Crippen LogP contribution in [0.2, 0.25) is 0 Å². The molecule has 0 aromatic rings. The van der Waals surface area contributed by atoms with Gasteiger partial charge in [-0.15, -0.1) is 0 Å². The van der Waals surface area contributed by atoms with Crippen molar-refractivity contribution in [3.05, 3.63) is 0 Å². The number of aliphatic carboxylic acids is 1. The molecule has 0 heterocycles. The Balaban J connectivity index is 5.24. The summed E-state index contributed by atoms with van der Waals surface area (Å²) in [6.07, 6.45) is 1.87. The molecular weight excluding hydrogens is 414 g/mol. The highest BCUT2D eigenvalue weighted by Gasteiger charge is 2.32. The minimum absolute atomic E-state index is 0.0459. The highest BCUT2D eigenvalue weighted by molar-refractivity contribution is 7.80. The summed E-state index contributed by atoms with van der Waals surface area (Å²) >= 11 is 3.90. The molecule has 9 N–H and O–H groups in total. The van der Waals surface area contributed by atoms with Gasteiger partial charge in [-0.05, 0) is 31.7 Å². The molecule has 0 aliphatic heterocycles. The lowest BCUT2D eigenvalue weighted by atomic mass is 9.97. The second-order valence-electron chi connectivity index (χ2n) is 7.09. The zero-order chi connectivity index (χ0) is 23.3. The summed E-state index contributed by atoms with van der Waals surface area (Å²) in [7, 11) is 0. The van der Waals surface area contributed by atoms with E-state index in [1.165, 1.54) is 0 Å². The number of carbonyl (C=O) groups is 4. The van der Waals surface area contributed by atoms with E-state index >= 15 is 0 Å². The van der Waals surface area contributed by atoms with Crippen LogP contribution in [0.3, 0.4) is 0 Å². The van der Waals surface area contributed by atoms with Gasteiger partial charge in [0.15, 0.2) is 0 Å². The molecule has 0 radical (unpaired) electrons. The molecule has 30 heavy (non-hydrogen) atoms. The number of aliphatic hydroxyl groups excluding tert-OH is 1. The third-order valence-electron chi connectivity index (χ3n) is 4.70. The number of carboxylic acids is 1. The first-order valence-corrected chi connectivity index (χ1v) is 10.6. The van der Waals surface area contributed by atoms with E-state index in [0.29, 0.717) is 25.8 Å². The van der Waals surface area contributed by atoms with E-state index < -0.39 is 54.5 Å². The topological polar surface area (TPSA) is 197 Å². The van der Waals surface area contributed by atoms with Crippen molar-refractivity contribution in [3.63, 3.8) is 0 Å². The van der Waals surface area contributed by atoms with Gasteiger partial charge < -0.3 is 37.6 Å². The number of nitrogens with one attached hydrogen (secondary N) is 3. The maximum atomic E-state index is 12.7. The summed E-state index contributed by atoms with van der Waals surface area (Å²) in [6, 6.07) is -4.45. The number of hydrogen-bond acceptors (Lipinski definition) is 8. The van der Waals surface area contributed by atoms with Gasteiger partial charge in [0.25, 0.3) is 0 Å². The average molecular weight is 450 g/mol. The first-order valence-electron chi connectivity index (χ1n) is 9.94. The minimum Gasteiger partial charge on any atom is -0.480 e. The predicted molar refractivity (Wildman–Crippen MR) is 115 cm³/mol. The van der Waals surface area contributed by atoms with Crippen molar-refractivity contribution < 1.29 is 29.4 Å². The minimum atomic E-state index is -1.32. The number of amides is 3. The molecule has 11 nitrogen and oxygen atoms in total. The van der Waals surface area contributed by atoms with Crippen molar-refractivity contribution in [2.24, 2.45) is 17.4 Å². The molecule has 0 aliphatic carbocycles. The van der Waals surface area contributed by atoms with Gasteiger partial charge in [0, 0.05) is 5.75 Å². The summed E-state index contributed by atoms with van der Waals surface area (Å²) in [6.45, 7) is 3.24. The Bertz CT molecular complexity index is 579. The number of thiol groups is 1. The lowest BCUT2D eigenvalue weighted by molar-refractivity contribution is -0.143. The molecule has 0 rings (SSSR count). The van der Waals surface area contributed by atoms with Crippen LogP contribution in [-0.4, -0.2) is 77.0 Å². The van der Waals surface area contributed by atoms with Gasteiger partial charge in [-0.1, -0.05) is 20.3 Å². The molecule has 5 unspecified atom stereocenters. The van der Waals surface area contributed by atoms with E-state index in [4.69, 9.17) is 11.5 Å². The lowest BCUT2D eigenvalue weighted by Crippen LogP contribution is -2.59. The van der Waals surface area contributed by atoms with Crippen LogP contribution in [0.25, 0.3) is 0 Å². The Morgan fingerprint density at radius 2 is 1.60 bits per heavy atom. The van der Waals surface area contributed by atoms with Crippen LogP contribution in [0.15, 0.2) is 0 Å². The van der Waals surface area contributed by atoms with Crippen molar-refractivity contribution in [3.8, 4) is 0 Å². The van der Waals surface area contributed by atoms with Crippen LogP contribution >= 0.6 is 12.6 Å². The van der Waals surface area contributed by atoms with Gasteiger partial charge in [-0.3, -0.25) is 14.4 Å². The van der Waals surface area contributed by atoms with Crippen molar-refractivity contribution in [2.45, 2.75) is 63.7 Å². The fraction of sp³-hybridized carbons (Fsp3) is 0.778. The maximum Gasteiger partial charge on any atom is 0.326 e. The van der Waals surface area contributed by atoms with Gasteiger partial charge in [-0.2, -0.15) is 12.6 Å². The lowest BCUT2D eigenvalue weighted by Gasteiger charge is -2.27. The largest absolute Gasteiger partial charge is 0.480 e. The van der Waals surface area contributed by atoms with Crippen LogP contribution in [0.5, 0.6) is 0 Å². The number of unbranched alkanes of at least 4 members (excludes halogenated alkanes) is 1. The Morgan fingerprint density at radius 1 is 1.00 bits per heavy atom. The molecule has 174 valence electrons.